The van der Waals surface area contributed by atoms with E-state index >= 15 is 0 Å². The van der Waals surface area contributed by atoms with Gasteiger partial charge in [0.25, 0.3) is 5.56 Å². The molecule has 0 spiro atoms. The monoisotopic (exact) mass is 437 g/mol. The number of rotatable bonds is 6. The van der Waals surface area contributed by atoms with Crippen LogP contribution in [0.5, 0.6) is 0 Å². The molecule has 4 rings (SSSR count). The Labute approximate surface area is 178 Å². The van der Waals surface area contributed by atoms with E-state index in [0.717, 1.165) is 16.7 Å². The average molecular weight is 437 g/mol. The third-order valence-corrected chi connectivity index (χ3v) is 5.76. The molecule has 0 unspecified atom stereocenters. The quantitative estimate of drug-likeness (QED) is 0.502. The molecule has 0 saturated heterocycles. The van der Waals surface area contributed by atoms with Gasteiger partial charge in [-0.25, -0.2) is 22.6 Å². The number of hydrogen-bond donors (Lipinski definition) is 1. The van der Waals surface area contributed by atoms with Crippen molar-refractivity contribution in [2.45, 2.75) is 13.0 Å². The van der Waals surface area contributed by atoms with Crippen LogP contribution in [-0.4, -0.2) is 24.0 Å². The molecule has 0 aliphatic heterocycles. The molecule has 0 aliphatic rings. The SMILES string of the molecule is NS(=O)(=O)CCc1cccc(-c2nn(Cc3ccc(F)cc3)c(=O)c3ccccc23)c1. The van der Waals surface area contributed by atoms with Gasteiger partial charge in [0.2, 0.25) is 10.0 Å². The molecule has 8 heteroatoms. The van der Waals surface area contributed by atoms with E-state index in [0.29, 0.717) is 16.5 Å². The second-order valence-corrected chi connectivity index (χ2v) is 9.03. The summed E-state index contributed by atoms with van der Waals surface area (Å²) in [5.41, 5.74) is 2.67. The summed E-state index contributed by atoms with van der Waals surface area (Å²) in [6.45, 7) is 0.196. The van der Waals surface area contributed by atoms with Crippen molar-refractivity contribution < 1.29 is 12.8 Å². The lowest BCUT2D eigenvalue weighted by Crippen LogP contribution is -2.24. The molecule has 0 saturated carbocycles. The van der Waals surface area contributed by atoms with Crippen LogP contribution in [0.15, 0.2) is 77.6 Å². The van der Waals surface area contributed by atoms with Gasteiger partial charge in [-0.05, 0) is 41.8 Å². The molecular weight excluding hydrogens is 417 g/mol. The standard InChI is InChI=1S/C23H20FN3O3S/c24-19-10-8-17(9-11-19)15-27-23(28)21-7-2-1-6-20(21)22(26-27)18-5-3-4-16(14-18)12-13-31(25,29)30/h1-11,14H,12-13,15H2,(H2,25,29,30). The van der Waals surface area contributed by atoms with Gasteiger partial charge in [-0.2, -0.15) is 5.10 Å². The predicted octanol–water partition coefficient (Wildman–Crippen LogP) is 3.08. The van der Waals surface area contributed by atoms with Crippen LogP contribution in [0.2, 0.25) is 0 Å². The molecule has 158 valence electrons. The average Bonchev–Trinajstić information content (AvgIpc) is 2.75. The number of hydrogen-bond acceptors (Lipinski definition) is 4. The molecule has 4 aromatic rings. The second-order valence-electron chi connectivity index (χ2n) is 7.30. The number of benzene rings is 3. The molecular formula is C23H20FN3O3S. The van der Waals surface area contributed by atoms with Crippen molar-refractivity contribution in [1.82, 2.24) is 9.78 Å². The van der Waals surface area contributed by atoms with Gasteiger partial charge in [0.1, 0.15) is 5.82 Å². The Morgan fingerprint density at radius 1 is 0.903 bits per heavy atom. The molecule has 0 amide bonds. The van der Waals surface area contributed by atoms with E-state index in [-0.39, 0.29) is 30.1 Å². The Hall–Kier alpha value is -3.36. The van der Waals surface area contributed by atoms with Crippen LogP contribution >= 0.6 is 0 Å². The predicted molar refractivity (Wildman–Crippen MR) is 119 cm³/mol. The number of aryl methyl sites for hydroxylation is 1. The summed E-state index contributed by atoms with van der Waals surface area (Å²) in [6.07, 6.45) is 0.278. The van der Waals surface area contributed by atoms with Crippen molar-refractivity contribution >= 4 is 20.8 Å². The first-order chi connectivity index (χ1) is 14.8. The zero-order chi connectivity index (χ0) is 22.0. The summed E-state index contributed by atoms with van der Waals surface area (Å²) >= 11 is 0. The normalized spacial score (nSPS) is 11.7. The zero-order valence-corrected chi connectivity index (χ0v) is 17.3. The molecule has 0 radical (unpaired) electrons. The fourth-order valence-electron chi connectivity index (χ4n) is 3.45. The lowest BCUT2D eigenvalue weighted by Gasteiger charge is -2.12. The number of fused-ring (bicyclic) bond motifs is 1. The van der Waals surface area contributed by atoms with Crippen molar-refractivity contribution in [2.24, 2.45) is 5.14 Å². The number of primary sulfonamides is 1. The van der Waals surface area contributed by atoms with Crippen LogP contribution in [0, 0.1) is 5.82 Å². The van der Waals surface area contributed by atoms with Gasteiger partial charge in [0.15, 0.2) is 0 Å². The minimum absolute atomic E-state index is 0.158. The highest BCUT2D eigenvalue weighted by atomic mass is 32.2. The summed E-state index contributed by atoms with van der Waals surface area (Å²) in [4.78, 5) is 13.0. The van der Waals surface area contributed by atoms with Crippen molar-refractivity contribution in [3.05, 3.63) is 100 Å². The highest BCUT2D eigenvalue weighted by Gasteiger charge is 2.13. The maximum atomic E-state index is 13.2. The van der Waals surface area contributed by atoms with E-state index in [9.17, 15) is 17.6 Å². The Morgan fingerprint density at radius 3 is 2.32 bits per heavy atom. The molecule has 6 nitrogen and oxygen atoms in total. The fraction of sp³-hybridized carbons (Fsp3) is 0.130. The largest absolute Gasteiger partial charge is 0.274 e. The van der Waals surface area contributed by atoms with E-state index in [1.165, 1.54) is 16.8 Å². The number of halogens is 1. The minimum atomic E-state index is -3.57. The minimum Gasteiger partial charge on any atom is -0.267 e. The van der Waals surface area contributed by atoms with Crippen LogP contribution in [0.25, 0.3) is 22.0 Å². The number of nitrogens with zero attached hydrogens (tertiary/aromatic N) is 2. The van der Waals surface area contributed by atoms with Crippen molar-refractivity contribution in [2.75, 3.05) is 5.75 Å². The van der Waals surface area contributed by atoms with Crippen molar-refractivity contribution in [3.63, 3.8) is 0 Å². The molecule has 0 bridgehead atoms. The molecule has 1 heterocycles. The summed E-state index contributed by atoms with van der Waals surface area (Å²) < 4.78 is 37.2. The number of sulfonamides is 1. The van der Waals surface area contributed by atoms with E-state index in [1.807, 2.05) is 36.4 Å². The third kappa shape index (κ3) is 4.87. The van der Waals surface area contributed by atoms with Crippen LogP contribution in [0.3, 0.4) is 0 Å². The maximum absolute atomic E-state index is 13.2. The topological polar surface area (TPSA) is 95.1 Å². The molecule has 2 N–H and O–H groups in total. The lowest BCUT2D eigenvalue weighted by molar-refractivity contribution is 0.597. The Balaban J connectivity index is 1.81. The van der Waals surface area contributed by atoms with Gasteiger partial charge in [-0.1, -0.05) is 48.5 Å². The number of nitrogens with two attached hydrogens (primary N) is 1. The zero-order valence-electron chi connectivity index (χ0n) is 16.5. The molecule has 0 aliphatic carbocycles. The number of aromatic nitrogens is 2. The first-order valence-corrected chi connectivity index (χ1v) is 11.4. The first-order valence-electron chi connectivity index (χ1n) is 9.64. The Bertz CT molecular complexity index is 1410. The maximum Gasteiger partial charge on any atom is 0.274 e. The van der Waals surface area contributed by atoms with Crippen LogP contribution in [0.4, 0.5) is 4.39 Å². The summed E-state index contributed by atoms with van der Waals surface area (Å²) in [5.74, 6) is -0.506. The van der Waals surface area contributed by atoms with E-state index in [2.05, 4.69) is 5.10 Å². The fourth-order valence-corrected chi connectivity index (χ4v) is 3.97. The Kier molecular flexibility index (Phi) is 5.67. The molecule has 1 aromatic heterocycles. The summed E-state index contributed by atoms with van der Waals surface area (Å²) in [6, 6.07) is 20.5. The van der Waals surface area contributed by atoms with Gasteiger partial charge < -0.3 is 0 Å². The highest BCUT2D eigenvalue weighted by molar-refractivity contribution is 7.89. The third-order valence-electron chi connectivity index (χ3n) is 4.99. The van der Waals surface area contributed by atoms with E-state index < -0.39 is 10.0 Å². The van der Waals surface area contributed by atoms with Crippen LogP contribution in [-0.2, 0) is 23.0 Å². The van der Waals surface area contributed by atoms with Crippen molar-refractivity contribution in [3.8, 4) is 11.3 Å². The van der Waals surface area contributed by atoms with E-state index in [4.69, 9.17) is 5.14 Å². The Morgan fingerprint density at radius 2 is 1.61 bits per heavy atom. The van der Waals surface area contributed by atoms with Crippen LogP contribution < -0.4 is 10.7 Å². The second kappa shape index (κ2) is 8.41. The van der Waals surface area contributed by atoms with Gasteiger partial charge in [0, 0.05) is 10.9 Å². The molecule has 31 heavy (non-hydrogen) atoms. The lowest BCUT2D eigenvalue weighted by atomic mass is 10.0. The molecule has 0 fully saturated rings. The van der Waals surface area contributed by atoms with Gasteiger partial charge in [-0.3, -0.25) is 4.79 Å². The molecule has 0 atom stereocenters. The van der Waals surface area contributed by atoms with Gasteiger partial charge in [-0.15, -0.1) is 0 Å². The van der Waals surface area contributed by atoms with Crippen molar-refractivity contribution in [1.29, 1.82) is 0 Å². The van der Waals surface area contributed by atoms with Gasteiger partial charge >= 0.3 is 0 Å². The van der Waals surface area contributed by atoms with E-state index in [1.54, 1.807) is 24.3 Å². The highest BCUT2D eigenvalue weighted by Crippen LogP contribution is 2.26. The molecule has 3 aromatic carbocycles. The summed E-state index contributed by atoms with van der Waals surface area (Å²) in [7, 11) is -3.57. The van der Waals surface area contributed by atoms with Gasteiger partial charge in [0.05, 0.1) is 23.4 Å². The van der Waals surface area contributed by atoms with Crippen LogP contribution in [0.1, 0.15) is 11.1 Å². The first kappa shape index (κ1) is 20.9. The smallest absolute Gasteiger partial charge is 0.267 e. The summed E-state index contributed by atoms with van der Waals surface area (Å²) in [5, 5.41) is 10.9.